The minimum absolute atomic E-state index is 0. The smallest absolute Gasteiger partial charge is 0.191 e. The summed E-state index contributed by atoms with van der Waals surface area (Å²) < 4.78 is 5.72. The van der Waals surface area contributed by atoms with Gasteiger partial charge in [0.1, 0.15) is 12.4 Å². The molecule has 1 aromatic rings. The molecule has 0 spiro atoms. The molecule has 0 amide bonds. The summed E-state index contributed by atoms with van der Waals surface area (Å²) in [7, 11) is 1.81. The van der Waals surface area contributed by atoms with Crippen molar-refractivity contribution >= 4 is 29.9 Å². The Hall–Kier alpha value is -1.02. The standard InChI is InChI=1S/C19H32N4O.HI/c1-4-11-23-12-9-17(15-23)14-22-19(20-3)21-10-13-24-18-7-5-16(2)6-8-18;/h5-8,17H,4,9-15H2,1-3H3,(H2,20,21,22);1H. The Balaban J connectivity index is 0.00000312. The Morgan fingerprint density at radius 1 is 1.28 bits per heavy atom. The molecule has 2 N–H and O–H groups in total. The topological polar surface area (TPSA) is 48.9 Å². The zero-order valence-corrected chi connectivity index (χ0v) is 18.1. The van der Waals surface area contributed by atoms with E-state index in [0.717, 1.165) is 30.7 Å². The van der Waals surface area contributed by atoms with E-state index < -0.39 is 0 Å². The third-order valence-corrected chi connectivity index (χ3v) is 4.38. The van der Waals surface area contributed by atoms with E-state index in [1.165, 1.54) is 38.0 Å². The number of rotatable bonds is 8. The molecule has 1 atom stereocenters. The molecule has 0 aromatic heterocycles. The van der Waals surface area contributed by atoms with Crippen molar-refractivity contribution in [3.8, 4) is 5.75 Å². The zero-order chi connectivity index (χ0) is 17.2. The maximum Gasteiger partial charge on any atom is 0.191 e. The highest BCUT2D eigenvalue weighted by molar-refractivity contribution is 14.0. The van der Waals surface area contributed by atoms with E-state index >= 15 is 0 Å². The molecule has 1 aromatic carbocycles. The molecule has 1 fully saturated rings. The number of aryl methyl sites for hydroxylation is 1. The molecular weight excluding hydrogens is 427 g/mol. The monoisotopic (exact) mass is 460 g/mol. The van der Waals surface area contributed by atoms with Gasteiger partial charge in [0, 0.05) is 20.1 Å². The molecule has 1 aliphatic heterocycles. The summed E-state index contributed by atoms with van der Waals surface area (Å²) in [5.41, 5.74) is 1.24. The van der Waals surface area contributed by atoms with Crippen LogP contribution < -0.4 is 15.4 Å². The SMILES string of the molecule is CCCN1CCC(CNC(=NC)NCCOc2ccc(C)cc2)C1.I. The van der Waals surface area contributed by atoms with E-state index in [-0.39, 0.29) is 24.0 Å². The fourth-order valence-electron chi connectivity index (χ4n) is 3.03. The van der Waals surface area contributed by atoms with E-state index in [1.54, 1.807) is 0 Å². The lowest BCUT2D eigenvalue weighted by Gasteiger charge is -2.17. The average molecular weight is 460 g/mol. The molecule has 0 aliphatic carbocycles. The summed E-state index contributed by atoms with van der Waals surface area (Å²) in [6, 6.07) is 8.13. The van der Waals surface area contributed by atoms with Gasteiger partial charge in [0.25, 0.3) is 0 Å². The second-order valence-electron chi connectivity index (χ2n) is 6.50. The Morgan fingerprint density at radius 3 is 2.72 bits per heavy atom. The van der Waals surface area contributed by atoms with Crippen LogP contribution in [0.2, 0.25) is 0 Å². The molecule has 142 valence electrons. The number of ether oxygens (including phenoxy) is 1. The first kappa shape index (κ1) is 22.0. The number of guanidine groups is 1. The van der Waals surface area contributed by atoms with Gasteiger partial charge in [-0.15, -0.1) is 24.0 Å². The highest BCUT2D eigenvalue weighted by Gasteiger charge is 2.21. The molecule has 5 nitrogen and oxygen atoms in total. The number of likely N-dealkylation sites (tertiary alicyclic amines) is 1. The van der Waals surface area contributed by atoms with Gasteiger partial charge in [-0.2, -0.15) is 0 Å². The van der Waals surface area contributed by atoms with E-state index in [4.69, 9.17) is 4.74 Å². The normalized spacial score (nSPS) is 17.9. The number of benzene rings is 1. The molecule has 25 heavy (non-hydrogen) atoms. The number of halogens is 1. The highest BCUT2D eigenvalue weighted by Crippen LogP contribution is 2.15. The first-order valence-electron chi connectivity index (χ1n) is 9.07. The first-order chi connectivity index (χ1) is 11.7. The maximum atomic E-state index is 5.72. The summed E-state index contributed by atoms with van der Waals surface area (Å²) in [6.07, 6.45) is 2.52. The summed E-state index contributed by atoms with van der Waals surface area (Å²) in [4.78, 5) is 6.84. The first-order valence-corrected chi connectivity index (χ1v) is 9.07. The minimum atomic E-state index is 0. The van der Waals surface area contributed by atoms with Gasteiger partial charge in [0.2, 0.25) is 0 Å². The quantitative estimate of drug-likeness (QED) is 0.271. The van der Waals surface area contributed by atoms with Gasteiger partial charge in [-0.3, -0.25) is 4.99 Å². The maximum absolute atomic E-state index is 5.72. The van der Waals surface area contributed by atoms with Crippen LogP contribution in [0.1, 0.15) is 25.3 Å². The Morgan fingerprint density at radius 2 is 2.04 bits per heavy atom. The van der Waals surface area contributed by atoms with Crippen LogP contribution in [0.25, 0.3) is 0 Å². The van der Waals surface area contributed by atoms with Crippen LogP contribution in [0, 0.1) is 12.8 Å². The van der Waals surface area contributed by atoms with E-state index in [1.807, 2.05) is 19.2 Å². The van der Waals surface area contributed by atoms with Crippen molar-refractivity contribution in [3.63, 3.8) is 0 Å². The van der Waals surface area contributed by atoms with Crippen LogP contribution in [0.4, 0.5) is 0 Å². The number of nitrogens with zero attached hydrogens (tertiary/aromatic N) is 2. The van der Waals surface area contributed by atoms with Gasteiger partial charge in [0.15, 0.2) is 5.96 Å². The van der Waals surface area contributed by atoms with Crippen LogP contribution in [-0.4, -0.2) is 57.2 Å². The number of nitrogens with one attached hydrogen (secondary N) is 2. The number of aliphatic imine (C=N–C) groups is 1. The van der Waals surface area contributed by atoms with Gasteiger partial charge in [-0.05, 0) is 50.9 Å². The van der Waals surface area contributed by atoms with Gasteiger partial charge in [0.05, 0.1) is 6.54 Å². The molecule has 1 saturated heterocycles. The highest BCUT2D eigenvalue weighted by atomic mass is 127. The molecule has 1 heterocycles. The molecular formula is C19H33IN4O. The minimum Gasteiger partial charge on any atom is -0.492 e. The van der Waals surface area contributed by atoms with Crippen LogP contribution in [0.3, 0.4) is 0 Å². The van der Waals surface area contributed by atoms with E-state index in [9.17, 15) is 0 Å². The predicted octanol–water partition coefficient (Wildman–Crippen LogP) is 2.89. The Kier molecular flexibility index (Phi) is 10.9. The van der Waals surface area contributed by atoms with Gasteiger partial charge >= 0.3 is 0 Å². The third kappa shape index (κ3) is 8.27. The number of hydrogen-bond acceptors (Lipinski definition) is 3. The fraction of sp³-hybridized carbons (Fsp3) is 0.632. The van der Waals surface area contributed by atoms with E-state index in [0.29, 0.717) is 6.61 Å². The fourth-order valence-corrected chi connectivity index (χ4v) is 3.03. The summed E-state index contributed by atoms with van der Waals surface area (Å²) in [5.74, 6) is 2.49. The predicted molar refractivity (Wildman–Crippen MR) is 116 cm³/mol. The lowest BCUT2D eigenvalue weighted by atomic mass is 10.1. The second-order valence-corrected chi connectivity index (χ2v) is 6.50. The van der Waals surface area contributed by atoms with Crippen molar-refractivity contribution in [2.45, 2.75) is 26.7 Å². The molecule has 1 unspecified atom stereocenters. The Bertz CT molecular complexity index is 507. The van der Waals surface area contributed by atoms with Gasteiger partial charge < -0.3 is 20.3 Å². The van der Waals surface area contributed by atoms with Gasteiger partial charge in [-0.1, -0.05) is 24.6 Å². The molecule has 1 aliphatic rings. The lowest BCUT2D eigenvalue weighted by molar-refractivity contribution is 0.320. The lowest BCUT2D eigenvalue weighted by Crippen LogP contribution is -2.41. The van der Waals surface area contributed by atoms with E-state index in [2.05, 4.69) is 46.5 Å². The van der Waals surface area contributed by atoms with Crippen molar-refractivity contribution in [3.05, 3.63) is 29.8 Å². The summed E-state index contributed by atoms with van der Waals surface area (Å²) >= 11 is 0. The summed E-state index contributed by atoms with van der Waals surface area (Å²) in [6.45, 7) is 10.3. The molecule has 6 heteroatoms. The van der Waals surface area contributed by atoms with Crippen molar-refractivity contribution in [2.24, 2.45) is 10.9 Å². The van der Waals surface area contributed by atoms with Crippen molar-refractivity contribution < 1.29 is 4.74 Å². The van der Waals surface area contributed by atoms with Crippen LogP contribution >= 0.6 is 24.0 Å². The molecule has 2 rings (SSSR count). The van der Waals surface area contributed by atoms with Crippen LogP contribution in [-0.2, 0) is 0 Å². The molecule has 0 radical (unpaired) electrons. The zero-order valence-electron chi connectivity index (χ0n) is 15.8. The molecule has 0 saturated carbocycles. The third-order valence-electron chi connectivity index (χ3n) is 4.38. The van der Waals surface area contributed by atoms with Crippen LogP contribution in [0.5, 0.6) is 5.75 Å². The van der Waals surface area contributed by atoms with Gasteiger partial charge in [-0.25, -0.2) is 0 Å². The van der Waals surface area contributed by atoms with Crippen molar-refractivity contribution in [1.29, 1.82) is 0 Å². The second kappa shape index (κ2) is 12.4. The average Bonchev–Trinajstić information content (AvgIpc) is 3.04. The van der Waals surface area contributed by atoms with Crippen molar-refractivity contribution in [2.75, 3.05) is 46.4 Å². The molecule has 0 bridgehead atoms. The van der Waals surface area contributed by atoms with Crippen molar-refractivity contribution in [1.82, 2.24) is 15.5 Å². The van der Waals surface area contributed by atoms with Crippen LogP contribution in [0.15, 0.2) is 29.3 Å². The largest absolute Gasteiger partial charge is 0.492 e. The number of hydrogen-bond donors (Lipinski definition) is 2. The Labute approximate surface area is 169 Å². The summed E-state index contributed by atoms with van der Waals surface area (Å²) in [5, 5.41) is 6.75.